The van der Waals surface area contributed by atoms with Crippen LogP contribution < -0.4 is 5.32 Å². The average Bonchev–Trinajstić information content (AvgIpc) is 3.01. The van der Waals surface area contributed by atoms with E-state index in [1.165, 1.54) is 11.9 Å². The number of carbonyl (C=O) groups is 1. The second-order valence-electron chi connectivity index (χ2n) is 5.41. The smallest absolute Gasteiger partial charge is 0.338 e. The number of nitrogens with one attached hydrogen (secondary N) is 1. The number of allylic oxidation sites excluding steroid dienone is 1. The highest BCUT2D eigenvalue weighted by Gasteiger charge is 2.34. The Morgan fingerprint density at radius 1 is 1.30 bits per heavy atom. The van der Waals surface area contributed by atoms with Gasteiger partial charge >= 0.3 is 5.97 Å². The molecule has 23 heavy (non-hydrogen) atoms. The van der Waals surface area contributed by atoms with Crippen molar-refractivity contribution in [1.29, 1.82) is 0 Å². The summed E-state index contributed by atoms with van der Waals surface area (Å²) in [5.41, 5.74) is 3.54. The molecule has 1 N–H and O–H groups in total. The van der Waals surface area contributed by atoms with Gasteiger partial charge in [0.15, 0.2) is 0 Å². The molecule has 0 aliphatic carbocycles. The first-order valence-corrected chi connectivity index (χ1v) is 7.79. The molecule has 0 spiro atoms. The molecule has 1 aliphatic rings. The molecule has 3 rings (SSSR count). The molecule has 1 aliphatic heterocycles. The lowest BCUT2D eigenvalue weighted by atomic mass is 9.95. The number of esters is 1. The molecule has 6 nitrogen and oxygen atoms in total. The van der Waals surface area contributed by atoms with Crippen LogP contribution in [0, 0.1) is 0 Å². The van der Waals surface area contributed by atoms with Gasteiger partial charge in [0.2, 0.25) is 5.95 Å². The van der Waals surface area contributed by atoms with Gasteiger partial charge in [0, 0.05) is 5.70 Å². The van der Waals surface area contributed by atoms with Crippen LogP contribution in [0.2, 0.25) is 0 Å². The second-order valence-corrected chi connectivity index (χ2v) is 5.41. The first-order valence-electron chi connectivity index (χ1n) is 7.79. The van der Waals surface area contributed by atoms with Crippen LogP contribution in [0.25, 0.3) is 0 Å². The molecule has 0 amide bonds. The van der Waals surface area contributed by atoms with Gasteiger partial charge in [-0.3, -0.25) is 0 Å². The molecule has 2 heterocycles. The summed E-state index contributed by atoms with van der Waals surface area (Å²) < 4.78 is 6.96. The standard InChI is InChI=1S/C17H20N4O2/c1-4-12-6-8-13(9-7-12)15-14(16(22)23-5-2)11(3)20-17-18-10-19-21(15)17/h6-10,15H,4-5H2,1-3H3,(H,18,19,20). The van der Waals surface area contributed by atoms with Crippen LogP contribution in [0.4, 0.5) is 5.95 Å². The molecule has 2 aromatic rings. The summed E-state index contributed by atoms with van der Waals surface area (Å²) in [4.78, 5) is 16.7. The van der Waals surface area contributed by atoms with Crippen LogP contribution >= 0.6 is 0 Å². The van der Waals surface area contributed by atoms with Crippen LogP contribution in [0.5, 0.6) is 0 Å². The van der Waals surface area contributed by atoms with Gasteiger partial charge in [-0.25, -0.2) is 9.48 Å². The van der Waals surface area contributed by atoms with Crippen LogP contribution in [-0.2, 0) is 16.0 Å². The Morgan fingerprint density at radius 2 is 2.04 bits per heavy atom. The quantitative estimate of drug-likeness (QED) is 0.879. The third-order valence-electron chi connectivity index (χ3n) is 3.99. The van der Waals surface area contributed by atoms with Crippen molar-refractivity contribution >= 4 is 11.9 Å². The number of rotatable bonds is 4. The molecule has 0 radical (unpaired) electrons. The van der Waals surface area contributed by atoms with E-state index in [2.05, 4.69) is 34.5 Å². The number of aryl methyl sites for hydroxylation is 1. The van der Waals surface area contributed by atoms with Crippen molar-refractivity contribution < 1.29 is 9.53 Å². The van der Waals surface area contributed by atoms with Gasteiger partial charge in [-0.2, -0.15) is 10.1 Å². The zero-order valence-corrected chi connectivity index (χ0v) is 13.5. The normalized spacial score (nSPS) is 16.7. The van der Waals surface area contributed by atoms with Crippen LogP contribution in [-0.4, -0.2) is 27.3 Å². The van der Waals surface area contributed by atoms with Crippen LogP contribution in [0.3, 0.4) is 0 Å². The Kier molecular flexibility index (Phi) is 4.14. The van der Waals surface area contributed by atoms with Gasteiger partial charge < -0.3 is 10.1 Å². The van der Waals surface area contributed by atoms with Crippen molar-refractivity contribution in [1.82, 2.24) is 14.8 Å². The summed E-state index contributed by atoms with van der Waals surface area (Å²) in [5.74, 6) is 0.295. The molecule has 6 heteroatoms. The zero-order valence-electron chi connectivity index (χ0n) is 13.5. The summed E-state index contributed by atoms with van der Waals surface area (Å²) in [6.07, 6.45) is 2.46. The predicted octanol–water partition coefficient (Wildman–Crippen LogP) is 2.69. The van der Waals surface area contributed by atoms with Crippen molar-refractivity contribution in [2.75, 3.05) is 11.9 Å². The lowest BCUT2D eigenvalue weighted by molar-refractivity contribution is -0.139. The molecule has 1 atom stereocenters. The highest BCUT2D eigenvalue weighted by molar-refractivity contribution is 5.92. The van der Waals surface area contributed by atoms with Crippen molar-refractivity contribution in [3.8, 4) is 0 Å². The van der Waals surface area contributed by atoms with E-state index < -0.39 is 0 Å². The van der Waals surface area contributed by atoms with Gasteiger partial charge in [0.05, 0.1) is 12.2 Å². The Balaban J connectivity index is 2.10. The van der Waals surface area contributed by atoms with Crippen LogP contribution in [0.15, 0.2) is 41.9 Å². The van der Waals surface area contributed by atoms with Crippen molar-refractivity contribution in [2.45, 2.75) is 33.2 Å². The molecule has 120 valence electrons. The maximum absolute atomic E-state index is 12.5. The summed E-state index contributed by atoms with van der Waals surface area (Å²) >= 11 is 0. The zero-order chi connectivity index (χ0) is 16.4. The lowest BCUT2D eigenvalue weighted by Crippen LogP contribution is -2.29. The van der Waals surface area contributed by atoms with Gasteiger partial charge in [-0.1, -0.05) is 31.2 Å². The molecule has 0 fully saturated rings. The van der Waals surface area contributed by atoms with E-state index in [0.717, 1.165) is 17.7 Å². The minimum Gasteiger partial charge on any atom is -0.463 e. The minimum atomic E-state index is -0.335. The highest BCUT2D eigenvalue weighted by atomic mass is 16.5. The van der Waals surface area contributed by atoms with E-state index in [1.807, 2.05) is 19.1 Å². The maximum Gasteiger partial charge on any atom is 0.338 e. The van der Waals surface area contributed by atoms with Gasteiger partial charge in [-0.15, -0.1) is 0 Å². The van der Waals surface area contributed by atoms with Gasteiger partial charge in [0.1, 0.15) is 12.4 Å². The number of benzene rings is 1. The average molecular weight is 312 g/mol. The van der Waals surface area contributed by atoms with Crippen LogP contribution in [0.1, 0.15) is 37.9 Å². The third kappa shape index (κ3) is 2.72. The van der Waals surface area contributed by atoms with Crippen molar-refractivity contribution in [3.63, 3.8) is 0 Å². The Bertz CT molecular complexity index is 746. The number of hydrogen-bond acceptors (Lipinski definition) is 5. The molecule has 1 aromatic carbocycles. The second kappa shape index (κ2) is 6.24. The maximum atomic E-state index is 12.5. The lowest BCUT2D eigenvalue weighted by Gasteiger charge is -2.28. The van der Waals surface area contributed by atoms with E-state index in [0.29, 0.717) is 18.1 Å². The number of ether oxygens (including phenoxy) is 1. The molecule has 1 unspecified atom stereocenters. The molecule has 0 saturated carbocycles. The summed E-state index contributed by atoms with van der Waals surface area (Å²) in [7, 11) is 0. The fourth-order valence-corrected chi connectivity index (χ4v) is 2.81. The molecule has 0 saturated heterocycles. The Morgan fingerprint density at radius 3 is 2.70 bits per heavy atom. The highest BCUT2D eigenvalue weighted by Crippen LogP contribution is 2.35. The largest absolute Gasteiger partial charge is 0.463 e. The molecule has 1 aromatic heterocycles. The minimum absolute atomic E-state index is 0.330. The fourth-order valence-electron chi connectivity index (χ4n) is 2.81. The predicted molar refractivity (Wildman–Crippen MR) is 86.9 cm³/mol. The first kappa shape index (κ1) is 15.3. The number of fused-ring (bicyclic) bond motifs is 1. The summed E-state index contributed by atoms with van der Waals surface area (Å²) in [5, 5.41) is 7.41. The monoisotopic (exact) mass is 312 g/mol. The van der Waals surface area contributed by atoms with Gasteiger partial charge in [0.25, 0.3) is 0 Å². The third-order valence-corrected chi connectivity index (χ3v) is 3.99. The first-order chi connectivity index (χ1) is 11.2. The number of hydrogen-bond donors (Lipinski definition) is 1. The number of nitrogens with zero attached hydrogens (tertiary/aromatic N) is 3. The van der Waals surface area contributed by atoms with E-state index in [4.69, 9.17) is 4.74 Å². The SMILES string of the molecule is CCOC(=O)C1=C(C)Nc2ncnn2C1c1ccc(CC)cc1. The van der Waals surface area contributed by atoms with E-state index in [9.17, 15) is 4.79 Å². The number of carbonyl (C=O) groups excluding carboxylic acids is 1. The molecular weight excluding hydrogens is 292 g/mol. The number of anilines is 1. The van der Waals surface area contributed by atoms with Crippen molar-refractivity contribution in [3.05, 3.63) is 53.0 Å². The summed E-state index contributed by atoms with van der Waals surface area (Å²) in [6.45, 7) is 6.11. The van der Waals surface area contributed by atoms with Gasteiger partial charge in [-0.05, 0) is 31.4 Å². The molecule has 0 bridgehead atoms. The summed E-state index contributed by atoms with van der Waals surface area (Å²) in [6, 6.07) is 7.89. The van der Waals surface area contributed by atoms with E-state index >= 15 is 0 Å². The Labute approximate surface area is 135 Å². The number of aromatic nitrogens is 3. The van der Waals surface area contributed by atoms with Crippen molar-refractivity contribution in [2.24, 2.45) is 0 Å². The molecular formula is C17H20N4O2. The Hall–Kier alpha value is -2.63. The topological polar surface area (TPSA) is 69.0 Å². The van der Waals surface area contributed by atoms with E-state index in [1.54, 1.807) is 11.6 Å². The fraction of sp³-hybridized carbons (Fsp3) is 0.353. The van der Waals surface area contributed by atoms with E-state index in [-0.39, 0.29) is 12.0 Å².